The van der Waals surface area contributed by atoms with Crippen molar-refractivity contribution in [2.24, 2.45) is 5.41 Å². The lowest BCUT2D eigenvalue weighted by molar-refractivity contribution is -0.141. The first kappa shape index (κ1) is 19.3. The number of carbonyl (C=O) groups excluding carboxylic acids is 1. The van der Waals surface area contributed by atoms with Crippen molar-refractivity contribution in [3.8, 4) is 5.75 Å². The summed E-state index contributed by atoms with van der Waals surface area (Å²) in [5, 5.41) is 15.0. The molecule has 138 valence electrons. The zero-order valence-corrected chi connectivity index (χ0v) is 15.4. The van der Waals surface area contributed by atoms with E-state index in [1.165, 1.54) is 7.11 Å². The highest BCUT2D eigenvalue weighted by atomic mass is 16.5. The molecule has 2 amide bonds. The zero-order chi connectivity index (χ0) is 19.3. The summed E-state index contributed by atoms with van der Waals surface area (Å²) >= 11 is 0. The van der Waals surface area contributed by atoms with Gasteiger partial charge in [0.25, 0.3) is 0 Å². The molecule has 0 heterocycles. The maximum atomic E-state index is 12.2. The van der Waals surface area contributed by atoms with Crippen LogP contribution in [-0.4, -0.2) is 24.2 Å². The maximum absolute atomic E-state index is 12.2. The lowest BCUT2D eigenvalue weighted by Gasteiger charge is -2.28. The molecule has 0 fully saturated rings. The molecule has 2 aromatic rings. The summed E-state index contributed by atoms with van der Waals surface area (Å²) in [5.41, 5.74) is 1.29. The molecule has 0 aliphatic carbocycles. The predicted octanol–water partition coefficient (Wildman–Crippen LogP) is 4.55. The third kappa shape index (κ3) is 4.75. The lowest BCUT2D eigenvalue weighted by atomic mass is 9.76. The smallest absolute Gasteiger partial charge is 0.323 e. The van der Waals surface area contributed by atoms with Crippen molar-refractivity contribution in [2.45, 2.75) is 26.7 Å². The fraction of sp³-hybridized carbons (Fsp3) is 0.300. The summed E-state index contributed by atoms with van der Waals surface area (Å²) in [5.74, 6) is -1.19. The average Bonchev–Trinajstić information content (AvgIpc) is 2.55. The number of nitrogens with one attached hydrogen (secondary N) is 2. The van der Waals surface area contributed by atoms with Crippen molar-refractivity contribution in [1.29, 1.82) is 0 Å². The van der Waals surface area contributed by atoms with E-state index in [0.717, 1.165) is 0 Å². The van der Waals surface area contributed by atoms with Gasteiger partial charge in [0.05, 0.1) is 18.7 Å². The van der Waals surface area contributed by atoms with Gasteiger partial charge in [0.1, 0.15) is 5.75 Å². The van der Waals surface area contributed by atoms with Gasteiger partial charge in [-0.05, 0) is 35.2 Å². The number of benzene rings is 2. The number of hydrogen-bond donors (Lipinski definition) is 3. The van der Waals surface area contributed by atoms with Gasteiger partial charge in [0.2, 0.25) is 0 Å². The van der Waals surface area contributed by atoms with Gasteiger partial charge in [-0.1, -0.05) is 45.0 Å². The van der Waals surface area contributed by atoms with E-state index >= 15 is 0 Å². The fourth-order valence-electron chi connectivity index (χ4n) is 2.81. The quantitative estimate of drug-likeness (QED) is 0.733. The van der Waals surface area contributed by atoms with Gasteiger partial charge in [0, 0.05) is 5.69 Å². The van der Waals surface area contributed by atoms with Crippen LogP contribution in [0, 0.1) is 5.41 Å². The van der Waals surface area contributed by atoms with Crippen molar-refractivity contribution in [1.82, 2.24) is 0 Å². The first-order chi connectivity index (χ1) is 12.2. The van der Waals surface area contributed by atoms with E-state index in [-0.39, 0.29) is 0 Å². The highest BCUT2D eigenvalue weighted by Gasteiger charge is 2.33. The van der Waals surface area contributed by atoms with Crippen LogP contribution in [0.15, 0.2) is 48.5 Å². The third-order valence-corrected chi connectivity index (χ3v) is 3.95. The highest BCUT2D eigenvalue weighted by Crippen LogP contribution is 2.38. The van der Waals surface area contributed by atoms with E-state index in [9.17, 15) is 14.7 Å². The number of rotatable bonds is 5. The predicted molar refractivity (Wildman–Crippen MR) is 102 cm³/mol. The minimum atomic E-state index is -0.901. The van der Waals surface area contributed by atoms with Crippen LogP contribution >= 0.6 is 0 Å². The van der Waals surface area contributed by atoms with Crippen LogP contribution in [-0.2, 0) is 4.79 Å². The number of aliphatic carboxylic acids is 1. The van der Waals surface area contributed by atoms with Crippen LogP contribution in [0.2, 0.25) is 0 Å². The fourth-order valence-corrected chi connectivity index (χ4v) is 2.81. The zero-order valence-electron chi connectivity index (χ0n) is 15.4. The number of carboxylic acids is 1. The Morgan fingerprint density at radius 1 is 1.04 bits per heavy atom. The molecule has 0 saturated carbocycles. The maximum Gasteiger partial charge on any atom is 0.323 e. The van der Waals surface area contributed by atoms with Gasteiger partial charge < -0.3 is 20.5 Å². The topological polar surface area (TPSA) is 87.7 Å². The molecule has 2 aromatic carbocycles. The minimum Gasteiger partial charge on any atom is -0.495 e. The summed E-state index contributed by atoms with van der Waals surface area (Å²) in [4.78, 5) is 23.9. The number of para-hydroxylation sites is 1. The number of carboxylic acid groups (broad SMARTS) is 1. The molecule has 0 spiro atoms. The Kier molecular flexibility index (Phi) is 5.87. The van der Waals surface area contributed by atoms with Gasteiger partial charge in [-0.3, -0.25) is 4.79 Å². The van der Waals surface area contributed by atoms with E-state index in [1.807, 2.05) is 39.0 Å². The third-order valence-electron chi connectivity index (χ3n) is 3.95. The van der Waals surface area contributed by atoms with Crippen LogP contribution in [0.3, 0.4) is 0 Å². The van der Waals surface area contributed by atoms with Crippen molar-refractivity contribution >= 4 is 23.4 Å². The van der Waals surface area contributed by atoms with Gasteiger partial charge in [-0.15, -0.1) is 0 Å². The number of hydrogen-bond acceptors (Lipinski definition) is 3. The average molecular weight is 356 g/mol. The number of anilines is 2. The molecule has 0 radical (unpaired) electrons. The molecule has 2 rings (SSSR count). The Labute approximate surface area is 153 Å². The van der Waals surface area contributed by atoms with E-state index in [0.29, 0.717) is 22.7 Å². The number of methoxy groups -OCH3 is 1. The molecule has 0 saturated heterocycles. The van der Waals surface area contributed by atoms with Crippen molar-refractivity contribution < 1.29 is 19.4 Å². The normalized spacial score (nSPS) is 12.2. The van der Waals surface area contributed by atoms with Crippen molar-refractivity contribution in [2.75, 3.05) is 17.7 Å². The summed E-state index contributed by atoms with van der Waals surface area (Å²) in [6.45, 7) is 5.62. The van der Waals surface area contributed by atoms with Crippen LogP contribution in [0.1, 0.15) is 32.3 Å². The number of urea groups is 1. The first-order valence-corrected chi connectivity index (χ1v) is 8.26. The van der Waals surface area contributed by atoms with Gasteiger partial charge in [0.15, 0.2) is 0 Å². The standard InChI is InChI=1S/C20H24N2O4/c1-20(2,3)17(18(23)24)13-10-11-15(16(12-13)26-4)22-19(25)21-14-8-6-5-7-9-14/h5-12,17H,1-4H3,(H,23,24)(H2,21,22,25). The summed E-state index contributed by atoms with van der Waals surface area (Å²) in [6, 6.07) is 13.7. The molecule has 1 unspecified atom stereocenters. The molecule has 0 aliphatic rings. The van der Waals surface area contributed by atoms with Crippen LogP contribution in [0.4, 0.5) is 16.2 Å². The Morgan fingerprint density at radius 3 is 2.23 bits per heavy atom. The minimum absolute atomic E-state index is 0.404. The Hall–Kier alpha value is -3.02. The molecule has 26 heavy (non-hydrogen) atoms. The Bertz CT molecular complexity index is 782. The second-order valence-corrected chi connectivity index (χ2v) is 7.04. The second-order valence-electron chi connectivity index (χ2n) is 7.04. The van der Waals surface area contributed by atoms with E-state index < -0.39 is 23.3 Å². The summed E-state index contributed by atoms with van der Waals surface area (Å²) < 4.78 is 5.34. The lowest BCUT2D eigenvalue weighted by Crippen LogP contribution is -2.26. The highest BCUT2D eigenvalue weighted by molar-refractivity contribution is 6.00. The summed E-state index contributed by atoms with van der Waals surface area (Å²) in [6.07, 6.45) is 0. The summed E-state index contributed by atoms with van der Waals surface area (Å²) in [7, 11) is 1.48. The largest absolute Gasteiger partial charge is 0.495 e. The molecule has 0 aromatic heterocycles. The molecular formula is C20H24N2O4. The molecular weight excluding hydrogens is 332 g/mol. The Morgan fingerprint density at radius 2 is 1.69 bits per heavy atom. The van der Waals surface area contributed by atoms with Gasteiger partial charge in [-0.25, -0.2) is 4.79 Å². The molecule has 3 N–H and O–H groups in total. The molecule has 6 heteroatoms. The second kappa shape index (κ2) is 7.91. The SMILES string of the molecule is COc1cc(C(C(=O)O)C(C)(C)C)ccc1NC(=O)Nc1ccccc1. The van der Waals surface area contributed by atoms with Crippen LogP contribution in [0.25, 0.3) is 0 Å². The van der Waals surface area contributed by atoms with Crippen LogP contribution < -0.4 is 15.4 Å². The van der Waals surface area contributed by atoms with Crippen molar-refractivity contribution in [3.63, 3.8) is 0 Å². The molecule has 1 atom stereocenters. The monoisotopic (exact) mass is 356 g/mol. The molecule has 0 bridgehead atoms. The van der Waals surface area contributed by atoms with Gasteiger partial charge >= 0.3 is 12.0 Å². The van der Waals surface area contributed by atoms with Crippen LogP contribution in [0.5, 0.6) is 5.75 Å². The van der Waals surface area contributed by atoms with E-state index in [4.69, 9.17) is 4.74 Å². The Balaban J connectivity index is 2.23. The molecule has 0 aliphatic heterocycles. The number of carbonyl (C=O) groups is 2. The van der Waals surface area contributed by atoms with Crippen molar-refractivity contribution in [3.05, 3.63) is 54.1 Å². The van der Waals surface area contributed by atoms with E-state index in [2.05, 4.69) is 10.6 Å². The van der Waals surface area contributed by atoms with Gasteiger partial charge in [-0.2, -0.15) is 0 Å². The number of ether oxygens (including phenoxy) is 1. The molecule has 6 nitrogen and oxygen atoms in total. The first-order valence-electron chi connectivity index (χ1n) is 8.26. The van der Waals surface area contributed by atoms with E-state index in [1.54, 1.807) is 30.3 Å². The number of amides is 2.